The van der Waals surface area contributed by atoms with Crippen LogP contribution in [0.15, 0.2) is 0 Å². The number of halogens is 1. The monoisotopic (exact) mass is 272 g/mol. The first-order valence-electron chi connectivity index (χ1n) is 6.02. The third-order valence-electron chi connectivity index (χ3n) is 2.80. The lowest BCUT2D eigenvalue weighted by atomic mass is 10.0. The van der Waals surface area contributed by atoms with Gasteiger partial charge in [0.05, 0.1) is 16.4 Å². The van der Waals surface area contributed by atoms with Crippen LogP contribution in [0.4, 0.5) is 0 Å². The molecule has 0 fully saturated rings. The molecule has 0 unspecified atom stereocenters. The predicted molar refractivity (Wildman–Crippen MR) is 72.4 cm³/mol. The summed E-state index contributed by atoms with van der Waals surface area (Å²) in [5, 5.41) is 8.31. The van der Waals surface area contributed by atoms with E-state index in [1.165, 1.54) is 0 Å². The van der Waals surface area contributed by atoms with Crippen molar-refractivity contribution in [1.29, 1.82) is 0 Å². The Bertz CT molecular complexity index is 440. The van der Waals surface area contributed by atoms with Crippen LogP contribution >= 0.6 is 11.6 Å². The van der Waals surface area contributed by atoms with Gasteiger partial charge in [0, 0.05) is 25.0 Å². The highest BCUT2D eigenvalue weighted by Crippen LogP contribution is 2.21. The lowest BCUT2D eigenvalue weighted by molar-refractivity contribution is -0.119. The lowest BCUT2D eigenvalue weighted by Gasteiger charge is -2.25. The van der Waals surface area contributed by atoms with Crippen molar-refractivity contribution in [2.75, 3.05) is 0 Å². The van der Waals surface area contributed by atoms with Gasteiger partial charge in [0.1, 0.15) is 0 Å². The first-order valence-corrected chi connectivity index (χ1v) is 6.39. The van der Waals surface area contributed by atoms with Crippen LogP contribution in [0.1, 0.15) is 38.6 Å². The second-order valence-electron chi connectivity index (χ2n) is 5.04. The summed E-state index contributed by atoms with van der Waals surface area (Å²) in [4.78, 5) is 11.0. The van der Waals surface area contributed by atoms with E-state index in [-0.39, 0.29) is 17.9 Å². The largest absolute Gasteiger partial charge is 0.370 e. The van der Waals surface area contributed by atoms with E-state index in [4.69, 9.17) is 17.3 Å². The van der Waals surface area contributed by atoms with Crippen molar-refractivity contribution in [3.63, 3.8) is 0 Å². The van der Waals surface area contributed by atoms with E-state index in [9.17, 15) is 4.79 Å². The highest BCUT2D eigenvalue weighted by molar-refractivity contribution is 6.31. The Kier molecular flexibility index (Phi) is 4.76. The standard InChI is InChI=1S/C12H21ClN4O/c1-5-17-9(11(13)8(2)16-17)7-15-12(3,4)6-10(14)18/h15H,5-7H2,1-4H3,(H2,14,18). The Morgan fingerprint density at radius 3 is 2.67 bits per heavy atom. The maximum atomic E-state index is 11.0. The zero-order valence-corrected chi connectivity index (χ0v) is 12.1. The zero-order chi connectivity index (χ0) is 13.9. The quantitative estimate of drug-likeness (QED) is 0.826. The van der Waals surface area contributed by atoms with E-state index >= 15 is 0 Å². The Morgan fingerprint density at radius 1 is 1.56 bits per heavy atom. The third kappa shape index (κ3) is 3.71. The predicted octanol–water partition coefficient (Wildman–Crippen LogP) is 1.61. The number of amides is 1. The molecule has 1 amide bonds. The van der Waals surface area contributed by atoms with Crippen LogP contribution in [0.2, 0.25) is 5.02 Å². The number of carbonyl (C=O) groups excluding carboxylic acids is 1. The SMILES string of the molecule is CCn1nc(C)c(Cl)c1CNC(C)(C)CC(N)=O. The Morgan fingerprint density at radius 2 is 2.17 bits per heavy atom. The Labute approximate surface area is 113 Å². The molecule has 0 atom stereocenters. The number of nitrogens with zero attached hydrogens (tertiary/aromatic N) is 2. The minimum absolute atomic E-state index is 0.282. The van der Waals surface area contributed by atoms with Gasteiger partial charge in [-0.3, -0.25) is 9.48 Å². The molecule has 1 aromatic heterocycles. The van der Waals surface area contributed by atoms with Crippen LogP contribution in [0.3, 0.4) is 0 Å². The van der Waals surface area contributed by atoms with Crippen LogP contribution < -0.4 is 11.1 Å². The van der Waals surface area contributed by atoms with E-state index < -0.39 is 0 Å². The van der Waals surface area contributed by atoms with Crippen LogP contribution in [-0.2, 0) is 17.9 Å². The van der Waals surface area contributed by atoms with E-state index in [1.807, 2.05) is 32.4 Å². The number of primary amides is 1. The van der Waals surface area contributed by atoms with Gasteiger partial charge in [-0.15, -0.1) is 0 Å². The minimum Gasteiger partial charge on any atom is -0.370 e. The molecule has 0 aliphatic heterocycles. The average Bonchev–Trinajstić information content (AvgIpc) is 2.50. The fourth-order valence-electron chi connectivity index (χ4n) is 1.86. The summed E-state index contributed by atoms with van der Waals surface area (Å²) in [6.45, 7) is 9.10. The normalized spacial score (nSPS) is 11.8. The van der Waals surface area contributed by atoms with Gasteiger partial charge in [0.15, 0.2) is 0 Å². The number of nitrogens with one attached hydrogen (secondary N) is 1. The molecule has 1 rings (SSSR count). The summed E-state index contributed by atoms with van der Waals surface area (Å²) in [5.41, 5.74) is 6.62. The van der Waals surface area contributed by atoms with Gasteiger partial charge in [-0.1, -0.05) is 11.6 Å². The molecular weight excluding hydrogens is 252 g/mol. The van der Waals surface area contributed by atoms with Crippen LogP contribution in [0.25, 0.3) is 0 Å². The smallest absolute Gasteiger partial charge is 0.219 e. The topological polar surface area (TPSA) is 72.9 Å². The molecule has 0 aromatic carbocycles. The van der Waals surface area contributed by atoms with Gasteiger partial charge in [-0.25, -0.2) is 0 Å². The molecule has 102 valence electrons. The van der Waals surface area contributed by atoms with Gasteiger partial charge in [-0.2, -0.15) is 5.10 Å². The Balaban J connectivity index is 2.77. The van der Waals surface area contributed by atoms with Crippen LogP contribution in [0.5, 0.6) is 0 Å². The van der Waals surface area contributed by atoms with Crippen molar-refractivity contribution in [2.24, 2.45) is 5.73 Å². The third-order valence-corrected chi connectivity index (χ3v) is 3.30. The first kappa shape index (κ1) is 15.0. The zero-order valence-electron chi connectivity index (χ0n) is 11.4. The number of hydrogen-bond donors (Lipinski definition) is 2. The van der Waals surface area contributed by atoms with E-state index in [1.54, 1.807) is 0 Å². The Hall–Kier alpha value is -1.07. The molecule has 0 aliphatic rings. The number of aryl methyl sites for hydroxylation is 2. The second kappa shape index (κ2) is 5.71. The van der Waals surface area contributed by atoms with Crippen molar-refractivity contribution in [1.82, 2.24) is 15.1 Å². The summed E-state index contributed by atoms with van der Waals surface area (Å²) < 4.78 is 1.87. The van der Waals surface area contributed by atoms with E-state index in [0.29, 0.717) is 11.6 Å². The van der Waals surface area contributed by atoms with Gasteiger partial charge >= 0.3 is 0 Å². The molecule has 3 N–H and O–H groups in total. The summed E-state index contributed by atoms with van der Waals surface area (Å²) in [6, 6.07) is 0. The molecule has 0 aliphatic carbocycles. The number of carbonyl (C=O) groups is 1. The van der Waals surface area contributed by atoms with Crippen molar-refractivity contribution < 1.29 is 4.79 Å². The fourth-order valence-corrected chi connectivity index (χ4v) is 2.06. The molecular formula is C12H21ClN4O. The van der Waals surface area contributed by atoms with Gasteiger partial charge < -0.3 is 11.1 Å². The molecule has 0 spiro atoms. The second-order valence-corrected chi connectivity index (χ2v) is 5.42. The molecule has 0 saturated heterocycles. The molecule has 0 saturated carbocycles. The summed E-state index contributed by atoms with van der Waals surface area (Å²) >= 11 is 6.21. The molecule has 0 radical (unpaired) electrons. The van der Waals surface area contributed by atoms with E-state index in [2.05, 4.69) is 10.4 Å². The first-order chi connectivity index (χ1) is 8.26. The molecule has 0 bridgehead atoms. The summed E-state index contributed by atoms with van der Waals surface area (Å²) in [7, 11) is 0. The lowest BCUT2D eigenvalue weighted by Crippen LogP contribution is -2.42. The summed E-state index contributed by atoms with van der Waals surface area (Å²) in [5.74, 6) is -0.321. The fraction of sp³-hybridized carbons (Fsp3) is 0.667. The van der Waals surface area contributed by atoms with Crippen molar-refractivity contribution in [3.8, 4) is 0 Å². The van der Waals surface area contributed by atoms with Crippen LogP contribution in [-0.4, -0.2) is 21.2 Å². The number of rotatable bonds is 6. The van der Waals surface area contributed by atoms with Gasteiger partial charge in [-0.05, 0) is 27.7 Å². The van der Waals surface area contributed by atoms with Crippen LogP contribution in [0, 0.1) is 6.92 Å². The maximum absolute atomic E-state index is 11.0. The number of nitrogens with two attached hydrogens (primary N) is 1. The van der Waals surface area contributed by atoms with Gasteiger partial charge in [0.2, 0.25) is 5.91 Å². The number of hydrogen-bond acceptors (Lipinski definition) is 3. The van der Waals surface area contributed by atoms with Gasteiger partial charge in [0.25, 0.3) is 0 Å². The highest BCUT2D eigenvalue weighted by Gasteiger charge is 2.21. The molecule has 1 heterocycles. The molecule has 1 aromatic rings. The average molecular weight is 273 g/mol. The van der Waals surface area contributed by atoms with Crippen molar-refractivity contribution >= 4 is 17.5 Å². The number of aromatic nitrogens is 2. The summed E-state index contributed by atoms with van der Waals surface area (Å²) in [6.07, 6.45) is 0.282. The molecule has 18 heavy (non-hydrogen) atoms. The highest BCUT2D eigenvalue weighted by atomic mass is 35.5. The molecule has 5 nitrogen and oxygen atoms in total. The van der Waals surface area contributed by atoms with Crippen molar-refractivity contribution in [3.05, 3.63) is 16.4 Å². The van der Waals surface area contributed by atoms with Crippen molar-refractivity contribution in [2.45, 2.75) is 52.7 Å². The maximum Gasteiger partial charge on any atom is 0.219 e. The minimum atomic E-state index is -0.355. The van der Waals surface area contributed by atoms with E-state index in [0.717, 1.165) is 17.9 Å². The molecule has 6 heteroatoms.